The van der Waals surface area contributed by atoms with Crippen molar-refractivity contribution < 1.29 is 19.2 Å². The van der Waals surface area contributed by atoms with Gasteiger partial charge in [0.2, 0.25) is 5.60 Å². The fraction of sp³-hybridized carbons (Fsp3) is 0.273. The van der Waals surface area contributed by atoms with E-state index >= 15 is 0 Å². The average Bonchev–Trinajstić information content (AvgIpc) is 2.72. The Morgan fingerprint density at radius 3 is 2.94 bits per heavy atom. The number of amides is 1. The number of nitrogens with zero attached hydrogens (tertiary/aromatic N) is 1. The first-order valence-electron chi connectivity index (χ1n) is 5.01. The maximum Gasteiger partial charge on any atom is 0.290 e. The largest absolute Gasteiger partial charge is 0.379 e. The van der Waals surface area contributed by atoms with Crippen molar-refractivity contribution in [2.75, 3.05) is 0 Å². The zero-order chi connectivity index (χ0) is 12.5. The van der Waals surface area contributed by atoms with Crippen LogP contribution in [0.2, 0.25) is 0 Å². The summed E-state index contributed by atoms with van der Waals surface area (Å²) in [6, 6.07) is 6.09. The minimum atomic E-state index is -1.30. The molecule has 0 fully saturated rings. The molecule has 1 aromatic rings. The molecule has 0 bridgehead atoms. The van der Waals surface area contributed by atoms with E-state index in [4.69, 9.17) is 10.0 Å². The lowest BCUT2D eigenvalue weighted by molar-refractivity contribution is -0.150. The van der Waals surface area contributed by atoms with Gasteiger partial charge >= 0.3 is 0 Å². The van der Waals surface area contributed by atoms with Crippen LogP contribution in [0.25, 0.3) is 0 Å². The quantitative estimate of drug-likeness (QED) is 0.601. The molecule has 90 valence electrons. The fourth-order valence-electron chi connectivity index (χ4n) is 1.62. The van der Waals surface area contributed by atoms with Crippen LogP contribution >= 0.6 is 0 Å². The summed E-state index contributed by atoms with van der Waals surface area (Å²) in [6.07, 6.45) is 0.0975. The van der Waals surface area contributed by atoms with Crippen molar-refractivity contribution in [1.29, 1.82) is 0 Å². The number of hydrogen-bond donors (Lipinski definition) is 2. The van der Waals surface area contributed by atoms with E-state index in [1.54, 1.807) is 18.2 Å². The molecule has 2 N–H and O–H groups in total. The van der Waals surface area contributed by atoms with Crippen molar-refractivity contribution in [3.63, 3.8) is 0 Å². The molecule has 0 saturated heterocycles. The molecule has 1 amide bonds. The van der Waals surface area contributed by atoms with Crippen LogP contribution in [0.15, 0.2) is 29.4 Å². The van der Waals surface area contributed by atoms with Gasteiger partial charge in [0.05, 0.1) is 5.71 Å². The lowest BCUT2D eigenvalue weighted by atomic mass is 9.95. The van der Waals surface area contributed by atoms with Crippen molar-refractivity contribution in [3.05, 3.63) is 35.6 Å². The Morgan fingerprint density at radius 1 is 1.59 bits per heavy atom. The lowest BCUT2D eigenvalue weighted by Crippen LogP contribution is -2.43. The summed E-state index contributed by atoms with van der Waals surface area (Å²) < 4.78 is 13.5. The maximum absolute atomic E-state index is 13.5. The van der Waals surface area contributed by atoms with E-state index in [0.717, 1.165) is 0 Å². The second-order valence-electron chi connectivity index (χ2n) is 3.96. The van der Waals surface area contributed by atoms with Crippen LogP contribution in [0.5, 0.6) is 0 Å². The minimum Gasteiger partial charge on any atom is -0.379 e. The molecule has 0 radical (unpaired) electrons. The number of hydroxylamine groups is 1. The molecule has 0 aliphatic carbocycles. The first-order chi connectivity index (χ1) is 8.07. The molecule has 1 aromatic carbocycles. The van der Waals surface area contributed by atoms with E-state index in [0.29, 0.717) is 11.3 Å². The highest BCUT2D eigenvalue weighted by Gasteiger charge is 2.42. The van der Waals surface area contributed by atoms with Crippen molar-refractivity contribution >= 4 is 11.6 Å². The average molecular weight is 238 g/mol. The first kappa shape index (κ1) is 11.5. The van der Waals surface area contributed by atoms with E-state index in [2.05, 4.69) is 5.16 Å². The van der Waals surface area contributed by atoms with E-state index in [9.17, 15) is 9.18 Å². The van der Waals surface area contributed by atoms with Gasteiger partial charge in [-0.1, -0.05) is 23.4 Å². The van der Waals surface area contributed by atoms with Crippen LogP contribution in [0.4, 0.5) is 4.39 Å². The van der Waals surface area contributed by atoms with Gasteiger partial charge in [0.25, 0.3) is 5.91 Å². The Hall–Kier alpha value is -1.95. The molecule has 1 aliphatic heterocycles. The van der Waals surface area contributed by atoms with Gasteiger partial charge in [-0.25, -0.2) is 9.87 Å². The summed E-state index contributed by atoms with van der Waals surface area (Å²) in [6.45, 7) is 1.47. The van der Waals surface area contributed by atoms with Gasteiger partial charge in [0.15, 0.2) is 0 Å². The molecule has 6 heteroatoms. The first-order valence-corrected chi connectivity index (χ1v) is 5.01. The summed E-state index contributed by atoms with van der Waals surface area (Å²) in [7, 11) is 0. The van der Waals surface area contributed by atoms with Gasteiger partial charge < -0.3 is 4.84 Å². The Bertz CT molecular complexity index is 489. The van der Waals surface area contributed by atoms with E-state index in [1.165, 1.54) is 18.5 Å². The molecule has 17 heavy (non-hydrogen) atoms. The Kier molecular flexibility index (Phi) is 2.81. The number of hydrogen-bond acceptors (Lipinski definition) is 4. The van der Waals surface area contributed by atoms with Crippen LogP contribution in [0, 0.1) is 5.82 Å². The van der Waals surface area contributed by atoms with Crippen LogP contribution in [0.3, 0.4) is 0 Å². The number of oxime groups is 1. The van der Waals surface area contributed by atoms with Crippen LogP contribution in [0.1, 0.15) is 18.9 Å². The summed E-state index contributed by atoms with van der Waals surface area (Å²) in [5, 5.41) is 12.3. The third-order valence-electron chi connectivity index (χ3n) is 2.63. The molecule has 1 heterocycles. The highest BCUT2D eigenvalue weighted by molar-refractivity contribution is 6.05. The molecule has 2 rings (SSSR count). The molecule has 0 aromatic heterocycles. The minimum absolute atomic E-state index is 0.0975. The normalized spacial score (nSPS) is 22.9. The van der Waals surface area contributed by atoms with Gasteiger partial charge in [0.1, 0.15) is 5.82 Å². The number of halogens is 1. The number of rotatable bonds is 2. The summed E-state index contributed by atoms with van der Waals surface area (Å²) in [4.78, 5) is 16.3. The molecule has 1 unspecified atom stereocenters. The van der Waals surface area contributed by atoms with Gasteiger partial charge in [-0.15, -0.1) is 0 Å². The second kappa shape index (κ2) is 4.14. The van der Waals surface area contributed by atoms with Crippen LogP contribution < -0.4 is 5.48 Å². The fourth-order valence-corrected chi connectivity index (χ4v) is 1.62. The molecule has 5 nitrogen and oxygen atoms in total. The standard InChI is InChI=1S/C11H11FN2O3/c1-11(10(15)13-16)6-9(14-17-11)7-4-2-3-5-8(7)12/h2-5,16H,6H2,1H3,(H,13,15). The van der Waals surface area contributed by atoms with Gasteiger partial charge in [-0.05, 0) is 13.0 Å². The summed E-state index contributed by atoms with van der Waals surface area (Å²) in [5.41, 5.74) is 0.839. The van der Waals surface area contributed by atoms with Crippen molar-refractivity contribution in [1.82, 2.24) is 5.48 Å². The summed E-state index contributed by atoms with van der Waals surface area (Å²) in [5.74, 6) is -1.14. The highest BCUT2D eigenvalue weighted by atomic mass is 19.1. The van der Waals surface area contributed by atoms with Crippen LogP contribution in [-0.2, 0) is 9.63 Å². The lowest BCUT2D eigenvalue weighted by Gasteiger charge is -2.17. The molecular formula is C11H11FN2O3. The Morgan fingerprint density at radius 2 is 2.29 bits per heavy atom. The highest BCUT2D eigenvalue weighted by Crippen LogP contribution is 2.27. The maximum atomic E-state index is 13.5. The van der Waals surface area contributed by atoms with Crippen molar-refractivity contribution in [2.45, 2.75) is 18.9 Å². The Balaban J connectivity index is 2.23. The third-order valence-corrected chi connectivity index (χ3v) is 2.63. The molecule has 1 atom stereocenters. The number of nitrogens with one attached hydrogen (secondary N) is 1. The number of carbonyl (C=O) groups excluding carboxylic acids is 1. The van der Waals surface area contributed by atoms with Gasteiger partial charge in [-0.3, -0.25) is 10.0 Å². The second-order valence-corrected chi connectivity index (χ2v) is 3.96. The predicted octanol–water partition coefficient (Wildman–Crippen LogP) is 1.21. The van der Waals surface area contributed by atoms with E-state index in [1.807, 2.05) is 0 Å². The zero-order valence-corrected chi connectivity index (χ0v) is 9.11. The van der Waals surface area contributed by atoms with Crippen molar-refractivity contribution in [3.8, 4) is 0 Å². The smallest absolute Gasteiger partial charge is 0.290 e. The monoisotopic (exact) mass is 238 g/mol. The molecule has 0 spiro atoms. The topological polar surface area (TPSA) is 70.9 Å². The molecule has 1 aliphatic rings. The Labute approximate surface area is 96.8 Å². The summed E-state index contributed by atoms with van der Waals surface area (Å²) >= 11 is 0. The SMILES string of the molecule is CC1(C(=O)NO)CC(c2ccccc2F)=NO1. The molecule has 0 saturated carbocycles. The number of carbonyl (C=O) groups is 1. The van der Waals surface area contributed by atoms with Gasteiger partial charge in [-0.2, -0.15) is 0 Å². The van der Waals surface area contributed by atoms with E-state index in [-0.39, 0.29) is 6.42 Å². The third kappa shape index (κ3) is 1.99. The zero-order valence-electron chi connectivity index (χ0n) is 9.11. The van der Waals surface area contributed by atoms with Crippen LogP contribution in [-0.4, -0.2) is 22.4 Å². The number of benzene rings is 1. The van der Waals surface area contributed by atoms with Crippen molar-refractivity contribution in [2.24, 2.45) is 5.16 Å². The predicted molar refractivity (Wildman–Crippen MR) is 57.0 cm³/mol. The van der Waals surface area contributed by atoms with E-state index < -0.39 is 17.3 Å². The molecular weight excluding hydrogens is 227 g/mol. The van der Waals surface area contributed by atoms with Gasteiger partial charge in [0, 0.05) is 12.0 Å².